The fourth-order valence-electron chi connectivity index (χ4n) is 4.92. The van der Waals surface area contributed by atoms with Gasteiger partial charge in [-0.15, -0.1) is 0 Å². The van der Waals surface area contributed by atoms with Crippen LogP contribution in [0.3, 0.4) is 0 Å². The third kappa shape index (κ3) is 7.75. The van der Waals surface area contributed by atoms with Crippen molar-refractivity contribution in [2.75, 3.05) is 31.6 Å². The average Bonchev–Trinajstić information content (AvgIpc) is 3.33. The maximum absolute atomic E-state index is 15.0. The van der Waals surface area contributed by atoms with Crippen molar-refractivity contribution in [2.24, 2.45) is 0 Å². The Hall–Kier alpha value is -4.19. The number of aromatic nitrogens is 1. The third-order valence-corrected chi connectivity index (χ3v) is 7.08. The Balaban J connectivity index is 1.47. The lowest BCUT2D eigenvalue weighted by molar-refractivity contribution is -0.137. The van der Waals surface area contributed by atoms with E-state index in [1.54, 1.807) is 6.92 Å². The van der Waals surface area contributed by atoms with Crippen LogP contribution in [-0.2, 0) is 17.4 Å². The summed E-state index contributed by atoms with van der Waals surface area (Å²) < 4.78 is 61.2. The number of hydrogen-bond donors (Lipinski definition) is 3. The molecule has 1 saturated heterocycles. The minimum Gasteiger partial charge on any atom is -0.493 e. The Morgan fingerprint density at radius 2 is 1.93 bits per heavy atom. The molecule has 2 heterocycles. The molecule has 2 amide bonds. The number of benzene rings is 2. The summed E-state index contributed by atoms with van der Waals surface area (Å²) in [4.78, 5) is 41.8. The zero-order chi connectivity index (χ0) is 30.4. The van der Waals surface area contributed by atoms with Crippen LogP contribution in [0.4, 0.5) is 23.2 Å². The predicted molar refractivity (Wildman–Crippen MR) is 150 cm³/mol. The third-order valence-electron chi connectivity index (χ3n) is 7.08. The van der Waals surface area contributed by atoms with Crippen LogP contribution >= 0.6 is 0 Å². The van der Waals surface area contributed by atoms with E-state index in [1.807, 2.05) is 0 Å². The number of nitrogens with zero attached hydrogens (tertiary/aromatic N) is 1. The highest BCUT2D eigenvalue weighted by atomic mass is 19.4. The number of H-pyrrole nitrogens is 1. The van der Waals surface area contributed by atoms with Crippen LogP contribution in [0.1, 0.15) is 48.2 Å². The van der Waals surface area contributed by atoms with Gasteiger partial charge in [0.05, 0.1) is 18.6 Å². The number of amides is 2. The number of carbonyl (C=O) groups is 2. The maximum atomic E-state index is 15.0. The largest absolute Gasteiger partial charge is 0.493 e. The van der Waals surface area contributed by atoms with Crippen LogP contribution in [0, 0.1) is 5.82 Å². The van der Waals surface area contributed by atoms with Crippen molar-refractivity contribution in [2.45, 2.75) is 45.3 Å². The lowest BCUT2D eigenvalue weighted by atomic mass is 10.0. The zero-order valence-corrected chi connectivity index (χ0v) is 23.2. The summed E-state index contributed by atoms with van der Waals surface area (Å²) in [7, 11) is 0. The molecule has 2 aromatic carbocycles. The van der Waals surface area contributed by atoms with Gasteiger partial charge in [0.25, 0.3) is 11.5 Å². The van der Waals surface area contributed by atoms with E-state index in [-0.39, 0.29) is 41.3 Å². The van der Waals surface area contributed by atoms with E-state index in [0.717, 1.165) is 37.6 Å². The number of rotatable bonds is 10. The molecular formula is C30H32F4N4O4. The highest BCUT2D eigenvalue weighted by Crippen LogP contribution is 2.33. The summed E-state index contributed by atoms with van der Waals surface area (Å²) >= 11 is 0. The van der Waals surface area contributed by atoms with Crippen molar-refractivity contribution in [3.8, 4) is 16.9 Å². The van der Waals surface area contributed by atoms with E-state index in [1.165, 1.54) is 30.5 Å². The van der Waals surface area contributed by atoms with E-state index in [0.29, 0.717) is 23.7 Å². The van der Waals surface area contributed by atoms with Crippen LogP contribution < -0.4 is 20.9 Å². The Morgan fingerprint density at radius 1 is 1.14 bits per heavy atom. The molecule has 1 unspecified atom stereocenters. The number of carbonyl (C=O) groups excluding carboxylic acids is 2. The van der Waals surface area contributed by atoms with Gasteiger partial charge in [0.2, 0.25) is 5.91 Å². The second-order valence-electron chi connectivity index (χ2n) is 10.1. The molecule has 1 aromatic heterocycles. The number of aromatic amines is 1. The molecule has 0 spiro atoms. The Kier molecular flexibility index (Phi) is 9.66. The summed E-state index contributed by atoms with van der Waals surface area (Å²) in [5.41, 5.74) is -1.14. The van der Waals surface area contributed by atoms with E-state index < -0.39 is 35.8 Å². The van der Waals surface area contributed by atoms with Gasteiger partial charge in [-0.1, -0.05) is 12.1 Å². The molecular weight excluding hydrogens is 556 g/mol. The number of halogens is 4. The van der Waals surface area contributed by atoms with Gasteiger partial charge in [-0.05, 0) is 68.6 Å². The first-order valence-corrected chi connectivity index (χ1v) is 13.6. The SMILES string of the molecule is CCOc1cc(=O)[nH]cc1-c1ccc(CC(=O)Nc2cc(C(=O)NCCN3CCCC3C)cc(C(F)(F)F)c2)c(F)c1. The van der Waals surface area contributed by atoms with Crippen LogP contribution in [-0.4, -0.2) is 54.0 Å². The minimum atomic E-state index is -4.76. The van der Waals surface area contributed by atoms with Gasteiger partial charge in [0.1, 0.15) is 11.6 Å². The van der Waals surface area contributed by atoms with Gasteiger partial charge in [-0.2, -0.15) is 13.2 Å². The highest BCUT2D eigenvalue weighted by molar-refractivity contribution is 5.98. The van der Waals surface area contributed by atoms with Crippen molar-refractivity contribution >= 4 is 17.5 Å². The van der Waals surface area contributed by atoms with Gasteiger partial charge >= 0.3 is 6.18 Å². The Labute approximate surface area is 240 Å². The molecule has 1 aliphatic heterocycles. The average molecular weight is 589 g/mol. The monoisotopic (exact) mass is 588 g/mol. The smallest absolute Gasteiger partial charge is 0.416 e. The first-order valence-electron chi connectivity index (χ1n) is 13.6. The standard InChI is InChI=1S/C30H32F4N4O4/c1-3-42-26-16-27(39)36-17-24(26)19-6-7-20(25(31)13-19)14-28(40)37-23-12-21(11-22(15-23)30(32,33)34)29(41)35-8-10-38-9-4-5-18(38)2/h6-7,11-13,15-18H,3-5,8-10,14H2,1-2H3,(H,35,41)(H,36,39)(H,37,40). The topological polar surface area (TPSA) is 104 Å². The molecule has 0 aliphatic carbocycles. The lowest BCUT2D eigenvalue weighted by Gasteiger charge is -2.21. The quantitative estimate of drug-likeness (QED) is 0.290. The van der Waals surface area contributed by atoms with Crippen molar-refractivity contribution in [3.63, 3.8) is 0 Å². The number of anilines is 1. The number of nitrogens with one attached hydrogen (secondary N) is 3. The van der Waals surface area contributed by atoms with Gasteiger partial charge in [-0.25, -0.2) is 4.39 Å². The second-order valence-corrected chi connectivity index (χ2v) is 10.1. The first-order chi connectivity index (χ1) is 19.9. The van der Waals surface area contributed by atoms with Crippen LogP contribution in [0.25, 0.3) is 11.1 Å². The molecule has 0 radical (unpaired) electrons. The summed E-state index contributed by atoms with van der Waals surface area (Å²) in [5, 5.41) is 5.00. The van der Waals surface area contributed by atoms with Crippen LogP contribution in [0.2, 0.25) is 0 Å². The van der Waals surface area contributed by atoms with E-state index in [2.05, 4.69) is 27.4 Å². The molecule has 0 bridgehead atoms. The zero-order valence-electron chi connectivity index (χ0n) is 23.2. The van der Waals surface area contributed by atoms with E-state index in [4.69, 9.17) is 4.74 Å². The number of pyridine rings is 1. The lowest BCUT2D eigenvalue weighted by Crippen LogP contribution is -2.36. The molecule has 1 aliphatic rings. The van der Waals surface area contributed by atoms with Gasteiger partial charge in [0.15, 0.2) is 0 Å². The molecule has 1 atom stereocenters. The summed E-state index contributed by atoms with van der Waals surface area (Å²) in [6, 6.07) is 8.33. The molecule has 0 saturated carbocycles. The summed E-state index contributed by atoms with van der Waals surface area (Å²) in [6.45, 7) is 5.86. The first kappa shape index (κ1) is 30.8. The summed E-state index contributed by atoms with van der Waals surface area (Å²) in [5.74, 6) is -1.93. The fourth-order valence-corrected chi connectivity index (χ4v) is 4.92. The molecule has 3 aromatic rings. The van der Waals surface area contributed by atoms with Crippen molar-refractivity contribution in [3.05, 3.63) is 81.5 Å². The van der Waals surface area contributed by atoms with Gasteiger partial charge in [-0.3, -0.25) is 19.3 Å². The molecule has 42 heavy (non-hydrogen) atoms. The number of alkyl halides is 3. The number of ether oxygens (including phenoxy) is 1. The molecule has 4 rings (SSSR count). The van der Waals surface area contributed by atoms with Crippen LogP contribution in [0.15, 0.2) is 53.5 Å². The Morgan fingerprint density at radius 3 is 2.60 bits per heavy atom. The van der Waals surface area contributed by atoms with Crippen molar-refractivity contribution in [1.82, 2.24) is 15.2 Å². The molecule has 12 heteroatoms. The van der Waals surface area contributed by atoms with Crippen molar-refractivity contribution in [1.29, 1.82) is 0 Å². The molecule has 8 nitrogen and oxygen atoms in total. The normalized spacial score (nSPS) is 15.4. The van der Waals surface area contributed by atoms with Crippen molar-refractivity contribution < 1.29 is 31.9 Å². The fraction of sp³-hybridized carbons (Fsp3) is 0.367. The Bertz CT molecular complexity index is 1510. The van der Waals surface area contributed by atoms with E-state index in [9.17, 15) is 31.9 Å². The second kappa shape index (κ2) is 13.2. The highest BCUT2D eigenvalue weighted by Gasteiger charge is 2.32. The number of hydrogen-bond acceptors (Lipinski definition) is 5. The number of likely N-dealkylation sites (tertiary alicyclic amines) is 1. The minimum absolute atomic E-state index is 0.000261. The maximum Gasteiger partial charge on any atom is 0.416 e. The predicted octanol–water partition coefficient (Wildman–Crippen LogP) is 4.99. The molecule has 3 N–H and O–H groups in total. The van der Waals surface area contributed by atoms with Gasteiger partial charge in [0, 0.05) is 48.2 Å². The van der Waals surface area contributed by atoms with Gasteiger partial charge < -0.3 is 20.4 Å². The molecule has 224 valence electrons. The summed E-state index contributed by atoms with van der Waals surface area (Å²) in [6.07, 6.45) is -1.72. The molecule has 1 fully saturated rings. The van der Waals surface area contributed by atoms with Crippen LogP contribution in [0.5, 0.6) is 5.75 Å². The van der Waals surface area contributed by atoms with E-state index >= 15 is 0 Å².